The number of hydrogen-bond acceptors (Lipinski definition) is 6. The zero-order valence-electron chi connectivity index (χ0n) is 17.3. The quantitative estimate of drug-likeness (QED) is 0.428. The molecule has 1 heterocycles. The molecule has 1 saturated heterocycles. The van der Waals surface area contributed by atoms with Crippen LogP contribution in [0, 0.1) is 0 Å². The number of carboxylic acid groups (broad SMARTS) is 1. The minimum Gasteiger partial charge on any atom is -0.489 e. The zero-order chi connectivity index (χ0) is 23.1. The molecule has 9 heteroatoms. The molecule has 1 atom stereocenters. The van der Waals surface area contributed by atoms with Crippen LogP contribution in [0.15, 0.2) is 59.5 Å². The molecular weight excluding hydrogens is 448 g/mol. The molecule has 2 aromatic carbocycles. The van der Waals surface area contributed by atoms with Gasteiger partial charge in [0.1, 0.15) is 22.7 Å². The van der Waals surface area contributed by atoms with Gasteiger partial charge in [-0.25, -0.2) is 0 Å². The van der Waals surface area contributed by atoms with Gasteiger partial charge in [0, 0.05) is 6.54 Å². The molecule has 0 saturated carbocycles. The highest BCUT2D eigenvalue weighted by Crippen LogP contribution is 2.34. The molecular formula is C23H22N2O5S2. The number of nitrogens with one attached hydrogen (secondary N) is 1. The summed E-state index contributed by atoms with van der Waals surface area (Å²) in [6.07, 6.45) is 1.52. The Morgan fingerprint density at radius 1 is 1.22 bits per heavy atom. The third kappa shape index (κ3) is 6.18. The maximum atomic E-state index is 12.9. The second-order valence-electron chi connectivity index (χ2n) is 7.01. The minimum absolute atomic E-state index is 0.0150. The molecule has 32 heavy (non-hydrogen) atoms. The van der Waals surface area contributed by atoms with E-state index in [0.29, 0.717) is 17.3 Å². The average molecular weight is 471 g/mol. The molecule has 1 aliphatic heterocycles. The molecule has 3 rings (SSSR count). The number of carbonyl (C=O) groups excluding carboxylic acids is 2. The van der Waals surface area contributed by atoms with Crippen molar-refractivity contribution in [1.29, 1.82) is 0 Å². The zero-order valence-corrected chi connectivity index (χ0v) is 18.9. The smallest absolute Gasteiger partial charge is 0.305 e. The third-order valence-electron chi connectivity index (χ3n) is 4.63. The molecule has 0 radical (unpaired) electrons. The summed E-state index contributed by atoms with van der Waals surface area (Å²) in [4.78, 5) is 37.4. The van der Waals surface area contributed by atoms with Gasteiger partial charge in [-0.3, -0.25) is 19.3 Å². The van der Waals surface area contributed by atoms with Gasteiger partial charge in [0.15, 0.2) is 0 Å². The molecule has 2 aromatic rings. The van der Waals surface area contributed by atoms with Crippen molar-refractivity contribution in [2.75, 3.05) is 6.54 Å². The van der Waals surface area contributed by atoms with Gasteiger partial charge in [-0.15, -0.1) is 0 Å². The molecule has 1 aliphatic rings. The maximum Gasteiger partial charge on any atom is 0.305 e. The van der Waals surface area contributed by atoms with Gasteiger partial charge < -0.3 is 15.2 Å². The standard InChI is InChI=1S/C23H22N2O5S2/c1-15(21(28)24-11-10-20(26)27)25-22(29)19(32-23(25)31)13-17-8-5-9-18(12-17)30-14-16-6-3-2-4-7-16/h2-9,12-13,15H,10-11,14H2,1H3,(H,24,28)(H,26,27)/b19-13-. The fourth-order valence-corrected chi connectivity index (χ4v) is 4.38. The summed E-state index contributed by atoms with van der Waals surface area (Å²) < 4.78 is 6.11. The summed E-state index contributed by atoms with van der Waals surface area (Å²) in [5.41, 5.74) is 1.82. The van der Waals surface area contributed by atoms with Gasteiger partial charge in [-0.2, -0.15) is 0 Å². The summed E-state index contributed by atoms with van der Waals surface area (Å²) in [5.74, 6) is -1.16. The molecule has 0 bridgehead atoms. The van der Waals surface area contributed by atoms with Crippen LogP contribution in [0.3, 0.4) is 0 Å². The van der Waals surface area contributed by atoms with E-state index in [2.05, 4.69) is 5.32 Å². The SMILES string of the molecule is CC(C(=O)NCCC(=O)O)N1C(=O)/C(=C/c2cccc(OCc3ccccc3)c2)SC1=S. The van der Waals surface area contributed by atoms with E-state index in [1.54, 1.807) is 13.0 Å². The van der Waals surface area contributed by atoms with Crippen molar-refractivity contribution in [1.82, 2.24) is 10.2 Å². The Balaban J connectivity index is 1.66. The Labute approximate surface area is 195 Å². The van der Waals surface area contributed by atoms with Crippen molar-refractivity contribution >= 4 is 52.2 Å². The van der Waals surface area contributed by atoms with Crippen LogP contribution >= 0.6 is 24.0 Å². The Morgan fingerprint density at radius 2 is 1.97 bits per heavy atom. The van der Waals surface area contributed by atoms with Crippen molar-refractivity contribution in [3.8, 4) is 5.75 Å². The molecule has 166 valence electrons. The van der Waals surface area contributed by atoms with Crippen LogP contribution in [-0.2, 0) is 21.0 Å². The first kappa shape index (κ1) is 23.5. The first-order valence-corrected chi connectivity index (χ1v) is 11.1. The van der Waals surface area contributed by atoms with Crippen LogP contribution in [0.2, 0.25) is 0 Å². The number of ether oxygens (including phenoxy) is 1. The predicted octanol–water partition coefficient (Wildman–Crippen LogP) is 3.45. The van der Waals surface area contributed by atoms with E-state index in [9.17, 15) is 14.4 Å². The minimum atomic E-state index is -1.01. The number of rotatable bonds is 9. The predicted molar refractivity (Wildman–Crippen MR) is 127 cm³/mol. The summed E-state index contributed by atoms with van der Waals surface area (Å²) in [5, 5.41) is 11.2. The van der Waals surface area contributed by atoms with Crippen LogP contribution in [-0.4, -0.2) is 44.7 Å². The lowest BCUT2D eigenvalue weighted by atomic mass is 10.2. The second kappa shape index (κ2) is 10.9. The van der Waals surface area contributed by atoms with E-state index in [4.69, 9.17) is 22.1 Å². The molecule has 2 amide bonds. The monoisotopic (exact) mass is 470 g/mol. The Hall–Kier alpha value is -3.17. The van der Waals surface area contributed by atoms with E-state index in [1.807, 2.05) is 54.6 Å². The van der Waals surface area contributed by atoms with Gasteiger partial charge >= 0.3 is 5.97 Å². The molecule has 7 nitrogen and oxygen atoms in total. The van der Waals surface area contributed by atoms with Gasteiger partial charge in [0.05, 0.1) is 11.3 Å². The van der Waals surface area contributed by atoms with E-state index in [0.717, 1.165) is 22.9 Å². The second-order valence-corrected chi connectivity index (χ2v) is 8.68. The Kier molecular flexibility index (Phi) is 8.02. The van der Waals surface area contributed by atoms with Crippen molar-refractivity contribution in [2.24, 2.45) is 0 Å². The lowest BCUT2D eigenvalue weighted by Crippen LogP contribution is -2.47. The number of hydrogen-bond donors (Lipinski definition) is 2. The van der Waals surface area contributed by atoms with Gasteiger partial charge in [-0.05, 0) is 36.3 Å². The molecule has 1 unspecified atom stereocenters. The number of benzene rings is 2. The topological polar surface area (TPSA) is 95.9 Å². The fraction of sp³-hybridized carbons (Fsp3) is 0.217. The first-order valence-electron chi connectivity index (χ1n) is 9.88. The number of amides is 2. The molecule has 0 spiro atoms. The number of thioether (sulfide) groups is 1. The molecule has 0 aromatic heterocycles. The first-order chi connectivity index (χ1) is 15.3. The molecule has 0 aliphatic carbocycles. The molecule has 1 fully saturated rings. The number of aliphatic carboxylic acids is 1. The van der Waals surface area contributed by atoms with Gasteiger partial charge in [-0.1, -0.05) is 66.4 Å². The third-order valence-corrected chi connectivity index (χ3v) is 5.96. The van der Waals surface area contributed by atoms with E-state index >= 15 is 0 Å². The maximum absolute atomic E-state index is 12.9. The van der Waals surface area contributed by atoms with E-state index in [-0.39, 0.29) is 23.2 Å². The summed E-state index contributed by atoms with van der Waals surface area (Å²) >= 11 is 6.43. The largest absolute Gasteiger partial charge is 0.489 e. The van der Waals surface area contributed by atoms with Crippen molar-refractivity contribution in [3.63, 3.8) is 0 Å². The van der Waals surface area contributed by atoms with Crippen molar-refractivity contribution < 1.29 is 24.2 Å². The van der Waals surface area contributed by atoms with Crippen LogP contribution in [0.5, 0.6) is 5.75 Å². The Morgan fingerprint density at radius 3 is 2.69 bits per heavy atom. The van der Waals surface area contributed by atoms with Crippen LogP contribution < -0.4 is 10.1 Å². The van der Waals surface area contributed by atoms with Crippen LogP contribution in [0.25, 0.3) is 6.08 Å². The Bertz CT molecular complexity index is 1060. The van der Waals surface area contributed by atoms with Crippen molar-refractivity contribution in [3.05, 3.63) is 70.6 Å². The van der Waals surface area contributed by atoms with E-state index < -0.39 is 17.9 Å². The summed E-state index contributed by atoms with van der Waals surface area (Å²) in [7, 11) is 0. The highest BCUT2D eigenvalue weighted by molar-refractivity contribution is 8.26. The van der Waals surface area contributed by atoms with Crippen molar-refractivity contribution in [2.45, 2.75) is 26.0 Å². The lowest BCUT2D eigenvalue weighted by molar-refractivity contribution is -0.137. The number of carbonyl (C=O) groups is 3. The number of thiocarbonyl (C=S) groups is 1. The fourth-order valence-electron chi connectivity index (χ4n) is 2.96. The van der Waals surface area contributed by atoms with Gasteiger partial charge in [0.2, 0.25) is 5.91 Å². The number of carboxylic acids is 1. The lowest BCUT2D eigenvalue weighted by Gasteiger charge is -2.22. The summed E-state index contributed by atoms with van der Waals surface area (Å²) in [6, 6.07) is 16.3. The summed E-state index contributed by atoms with van der Waals surface area (Å²) in [6.45, 7) is 1.97. The highest BCUT2D eigenvalue weighted by atomic mass is 32.2. The van der Waals surface area contributed by atoms with E-state index in [1.165, 1.54) is 4.90 Å². The van der Waals surface area contributed by atoms with Crippen LogP contribution in [0.1, 0.15) is 24.5 Å². The van der Waals surface area contributed by atoms with Gasteiger partial charge in [0.25, 0.3) is 5.91 Å². The number of nitrogens with zero attached hydrogens (tertiary/aromatic N) is 1. The molecule has 2 N–H and O–H groups in total. The average Bonchev–Trinajstić information content (AvgIpc) is 3.05. The highest BCUT2D eigenvalue weighted by Gasteiger charge is 2.38. The normalized spacial score (nSPS) is 15.7. The van der Waals surface area contributed by atoms with Crippen LogP contribution in [0.4, 0.5) is 0 Å².